The van der Waals surface area contributed by atoms with Crippen LogP contribution in [0.4, 0.5) is 0 Å². The summed E-state index contributed by atoms with van der Waals surface area (Å²) < 4.78 is 0. The Morgan fingerprint density at radius 3 is 2.17 bits per heavy atom. The van der Waals surface area contributed by atoms with Crippen molar-refractivity contribution in [1.82, 2.24) is 0 Å². The Kier molecular flexibility index (Phi) is 9.52. The zero-order valence-electron chi connectivity index (χ0n) is 20.1. The van der Waals surface area contributed by atoms with E-state index in [1.54, 1.807) is 0 Å². The highest BCUT2D eigenvalue weighted by Gasteiger charge is 2.32. The first-order chi connectivity index (χ1) is 14.3. The van der Waals surface area contributed by atoms with E-state index in [2.05, 4.69) is 33.8 Å². The van der Waals surface area contributed by atoms with E-state index in [0.717, 1.165) is 56.9 Å². The summed E-state index contributed by atoms with van der Waals surface area (Å²) in [6.07, 6.45) is 15.1. The summed E-state index contributed by atoms with van der Waals surface area (Å²) in [5, 5.41) is 0. The fourth-order valence-electron chi connectivity index (χ4n) is 5.08. The number of hydrogen-bond donors (Lipinski definition) is 0. The number of carbonyl (C=O) groups is 2. The normalized spacial score (nSPS) is 21.3. The summed E-state index contributed by atoms with van der Waals surface area (Å²) in [4.78, 5) is 27.3. The lowest BCUT2D eigenvalue weighted by molar-refractivity contribution is -0.119. The molecule has 1 unspecified atom stereocenters. The number of allylic oxidation sites excluding steroid dienone is 8. The van der Waals surface area contributed by atoms with E-state index in [4.69, 9.17) is 0 Å². The van der Waals surface area contributed by atoms with E-state index in [9.17, 15) is 9.59 Å². The Morgan fingerprint density at radius 2 is 1.57 bits per heavy atom. The van der Waals surface area contributed by atoms with Crippen LogP contribution in [0.5, 0.6) is 0 Å². The van der Waals surface area contributed by atoms with Gasteiger partial charge in [0.15, 0.2) is 11.6 Å². The van der Waals surface area contributed by atoms with Gasteiger partial charge in [-0.25, -0.2) is 0 Å². The van der Waals surface area contributed by atoms with Gasteiger partial charge < -0.3 is 0 Å². The van der Waals surface area contributed by atoms with Gasteiger partial charge in [-0.15, -0.1) is 0 Å². The van der Waals surface area contributed by atoms with Crippen molar-refractivity contribution in [2.24, 2.45) is 17.8 Å². The summed E-state index contributed by atoms with van der Waals surface area (Å²) in [5.41, 5.74) is 4.83. The molecule has 0 aromatic rings. The zero-order valence-corrected chi connectivity index (χ0v) is 20.1. The molecule has 0 N–H and O–H groups in total. The van der Waals surface area contributed by atoms with Gasteiger partial charge >= 0.3 is 0 Å². The fourth-order valence-corrected chi connectivity index (χ4v) is 5.08. The van der Waals surface area contributed by atoms with Crippen LogP contribution >= 0.6 is 0 Å². The van der Waals surface area contributed by atoms with Crippen molar-refractivity contribution < 1.29 is 9.59 Å². The number of ketones is 2. The number of carbonyl (C=O) groups excluding carboxylic acids is 2. The molecule has 0 heterocycles. The molecule has 0 bridgehead atoms. The minimum absolute atomic E-state index is 0.0643. The van der Waals surface area contributed by atoms with E-state index in [0.29, 0.717) is 23.0 Å². The molecule has 2 heteroatoms. The summed E-state index contributed by atoms with van der Waals surface area (Å²) >= 11 is 0. The minimum Gasteiger partial charge on any atom is -0.293 e. The molecule has 0 fully saturated rings. The smallest absolute Gasteiger partial charge is 0.189 e. The Hall–Kier alpha value is -1.70. The summed E-state index contributed by atoms with van der Waals surface area (Å²) in [6, 6.07) is 0. The maximum atomic E-state index is 13.6. The Labute approximate surface area is 184 Å². The van der Waals surface area contributed by atoms with Crippen molar-refractivity contribution in [3.05, 3.63) is 46.1 Å². The molecule has 166 valence electrons. The Balaban J connectivity index is 2.34. The van der Waals surface area contributed by atoms with Crippen molar-refractivity contribution in [3.8, 4) is 0 Å². The van der Waals surface area contributed by atoms with Crippen molar-refractivity contribution in [2.75, 3.05) is 0 Å². The summed E-state index contributed by atoms with van der Waals surface area (Å²) in [5.74, 6) is 1.26. The molecule has 0 aromatic heterocycles. The molecule has 0 amide bonds. The third-order valence-electron chi connectivity index (χ3n) is 6.40. The van der Waals surface area contributed by atoms with Crippen molar-refractivity contribution in [2.45, 2.75) is 99.3 Å². The average molecular weight is 411 g/mol. The van der Waals surface area contributed by atoms with Crippen LogP contribution in [-0.2, 0) is 9.59 Å². The van der Waals surface area contributed by atoms with E-state index in [1.807, 2.05) is 26.0 Å². The van der Waals surface area contributed by atoms with Crippen molar-refractivity contribution in [3.63, 3.8) is 0 Å². The van der Waals surface area contributed by atoms with Crippen LogP contribution in [0.2, 0.25) is 0 Å². The second kappa shape index (κ2) is 11.6. The van der Waals surface area contributed by atoms with Gasteiger partial charge in [0, 0.05) is 17.1 Å². The van der Waals surface area contributed by atoms with Crippen LogP contribution < -0.4 is 0 Å². The van der Waals surface area contributed by atoms with Crippen LogP contribution in [0.1, 0.15) is 99.3 Å². The first-order valence-corrected chi connectivity index (χ1v) is 12.1. The lowest BCUT2D eigenvalue weighted by Crippen LogP contribution is -2.25. The lowest BCUT2D eigenvalue weighted by Gasteiger charge is -2.27. The maximum absolute atomic E-state index is 13.6. The largest absolute Gasteiger partial charge is 0.293 e. The van der Waals surface area contributed by atoms with E-state index in [-0.39, 0.29) is 17.5 Å². The lowest BCUT2D eigenvalue weighted by atomic mass is 9.76. The standard InChI is InChI=1S/C28H42O2/c1-7-23(27(29)25-15-11-9-13-21(25)17-19(3)4)24(8-2)28(30)26-16-12-10-14-22(26)18-20(5)6/h7-8,13,19-20,25H,9-12,14-18H2,1-6H3. The fraction of sp³-hybridized carbons (Fsp3) is 0.643. The second-order valence-electron chi connectivity index (χ2n) is 9.85. The monoisotopic (exact) mass is 410 g/mol. The molecule has 30 heavy (non-hydrogen) atoms. The number of rotatable bonds is 9. The molecule has 0 spiro atoms. The quantitative estimate of drug-likeness (QED) is 0.222. The van der Waals surface area contributed by atoms with Gasteiger partial charge in [0.05, 0.1) is 0 Å². The highest BCUT2D eigenvalue weighted by molar-refractivity contribution is 6.19. The van der Waals surface area contributed by atoms with Gasteiger partial charge in [-0.2, -0.15) is 0 Å². The van der Waals surface area contributed by atoms with Gasteiger partial charge in [0.2, 0.25) is 0 Å². The topological polar surface area (TPSA) is 34.1 Å². The molecule has 1 atom stereocenters. The summed E-state index contributed by atoms with van der Waals surface area (Å²) in [7, 11) is 0. The van der Waals surface area contributed by atoms with Crippen LogP contribution in [0.15, 0.2) is 46.1 Å². The molecular formula is C28H42O2. The van der Waals surface area contributed by atoms with Crippen LogP contribution in [0.25, 0.3) is 0 Å². The van der Waals surface area contributed by atoms with Crippen LogP contribution in [-0.4, -0.2) is 11.6 Å². The van der Waals surface area contributed by atoms with Gasteiger partial charge in [-0.1, -0.05) is 57.1 Å². The molecule has 0 saturated heterocycles. The molecule has 0 aliphatic heterocycles. The van der Waals surface area contributed by atoms with Crippen molar-refractivity contribution in [1.29, 1.82) is 0 Å². The molecule has 2 nitrogen and oxygen atoms in total. The third-order valence-corrected chi connectivity index (χ3v) is 6.40. The predicted octanol–water partition coefficient (Wildman–Crippen LogP) is 7.71. The van der Waals surface area contributed by atoms with Crippen molar-refractivity contribution >= 4 is 11.6 Å². The van der Waals surface area contributed by atoms with Gasteiger partial charge in [0.25, 0.3) is 0 Å². The molecule has 2 aliphatic carbocycles. The highest BCUT2D eigenvalue weighted by Crippen LogP contribution is 2.36. The molecular weight excluding hydrogens is 368 g/mol. The van der Waals surface area contributed by atoms with E-state index >= 15 is 0 Å². The van der Waals surface area contributed by atoms with Crippen LogP contribution in [0, 0.1) is 17.8 Å². The molecule has 2 aliphatic rings. The average Bonchev–Trinajstić information content (AvgIpc) is 2.71. The SMILES string of the molecule is CC=C(C(=O)C1=C(CC(C)C)CCCC1)C(=CC)C(=O)C1CCCC=C1CC(C)C. The van der Waals surface area contributed by atoms with E-state index < -0.39 is 0 Å². The van der Waals surface area contributed by atoms with Gasteiger partial charge in [0.1, 0.15) is 0 Å². The zero-order chi connectivity index (χ0) is 22.3. The number of Topliss-reactive ketones (excluding diaryl/α,β-unsaturated/α-hetero) is 2. The second-order valence-corrected chi connectivity index (χ2v) is 9.85. The predicted molar refractivity (Wildman–Crippen MR) is 127 cm³/mol. The number of hydrogen-bond acceptors (Lipinski definition) is 2. The Bertz CT molecular complexity index is 756. The van der Waals surface area contributed by atoms with E-state index in [1.165, 1.54) is 17.6 Å². The minimum atomic E-state index is -0.0643. The molecule has 0 radical (unpaired) electrons. The van der Waals surface area contributed by atoms with Crippen LogP contribution in [0.3, 0.4) is 0 Å². The first-order valence-electron chi connectivity index (χ1n) is 12.1. The highest BCUT2D eigenvalue weighted by atomic mass is 16.1. The molecule has 0 aromatic carbocycles. The maximum Gasteiger partial charge on any atom is 0.189 e. The first kappa shape index (κ1) is 24.6. The third kappa shape index (κ3) is 6.15. The van der Waals surface area contributed by atoms with Gasteiger partial charge in [-0.3, -0.25) is 9.59 Å². The van der Waals surface area contributed by atoms with Gasteiger partial charge in [-0.05, 0) is 89.0 Å². The Morgan fingerprint density at radius 1 is 0.933 bits per heavy atom. The summed E-state index contributed by atoms with van der Waals surface area (Å²) in [6.45, 7) is 12.7. The molecule has 0 saturated carbocycles. The molecule has 2 rings (SSSR count).